The third-order valence-corrected chi connectivity index (χ3v) is 3.91. The van der Waals surface area contributed by atoms with Crippen molar-refractivity contribution in [3.05, 3.63) is 24.3 Å². The van der Waals surface area contributed by atoms with E-state index in [0.29, 0.717) is 13.0 Å². The van der Waals surface area contributed by atoms with Crippen molar-refractivity contribution in [3.63, 3.8) is 0 Å². The third-order valence-electron chi connectivity index (χ3n) is 3.91. The summed E-state index contributed by atoms with van der Waals surface area (Å²) in [6, 6.07) is 8.08. The van der Waals surface area contributed by atoms with Gasteiger partial charge < -0.3 is 15.0 Å². The van der Waals surface area contributed by atoms with Gasteiger partial charge in [-0.1, -0.05) is 6.92 Å². The second-order valence-electron chi connectivity index (χ2n) is 5.45. The van der Waals surface area contributed by atoms with Crippen molar-refractivity contribution in [2.75, 3.05) is 29.9 Å². The predicted octanol–water partition coefficient (Wildman–Crippen LogP) is 3.43. The van der Waals surface area contributed by atoms with Gasteiger partial charge in [-0.25, -0.2) is 4.79 Å². The summed E-state index contributed by atoms with van der Waals surface area (Å²) in [4.78, 5) is 14.2. The first kappa shape index (κ1) is 15.7. The van der Waals surface area contributed by atoms with Crippen LogP contribution in [0.4, 0.5) is 11.4 Å². The van der Waals surface area contributed by atoms with Crippen LogP contribution in [0.25, 0.3) is 0 Å². The molecular weight excluding hydrogens is 264 g/mol. The van der Waals surface area contributed by atoms with Crippen molar-refractivity contribution in [2.24, 2.45) is 0 Å². The first-order valence-electron chi connectivity index (χ1n) is 8.02. The number of carbonyl (C=O) groups is 1. The van der Waals surface area contributed by atoms with Crippen molar-refractivity contribution >= 4 is 17.3 Å². The molecule has 0 aromatic heterocycles. The summed E-state index contributed by atoms with van der Waals surface area (Å²) in [5, 5.41) is 3.25. The SMILES string of the molecule is CCOC(=O)C(CC)Nc1ccc(N2CCCCC2)cc1. The Hall–Kier alpha value is -1.71. The van der Waals surface area contributed by atoms with Crippen molar-refractivity contribution < 1.29 is 9.53 Å². The van der Waals surface area contributed by atoms with E-state index in [0.717, 1.165) is 18.8 Å². The van der Waals surface area contributed by atoms with Crippen LogP contribution in [0.5, 0.6) is 0 Å². The molecule has 1 aliphatic rings. The Bertz CT molecular complexity index is 439. The van der Waals surface area contributed by atoms with E-state index in [9.17, 15) is 4.79 Å². The fourth-order valence-corrected chi connectivity index (χ4v) is 2.69. The number of esters is 1. The topological polar surface area (TPSA) is 41.6 Å². The average Bonchev–Trinajstić information content (AvgIpc) is 2.54. The molecule has 1 atom stereocenters. The summed E-state index contributed by atoms with van der Waals surface area (Å²) in [7, 11) is 0. The second-order valence-corrected chi connectivity index (χ2v) is 5.45. The van der Waals surface area contributed by atoms with Crippen LogP contribution in [-0.4, -0.2) is 31.7 Å². The van der Waals surface area contributed by atoms with Gasteiger partial charge in [-0.05, 0) is 56.9 Å². The highest BCUT2D eigenvalue weighted by atomic mass is 16.5. The lowest BCUT2D eigenvalue weighted by Gasteiger charge is -2.29. The van der Waals surface area contributed by atoms with Gasteiger partial charge in [0.05, 0.1) is 6.61 Å². The number of carbonyl (C=O) groups excluding carboxylic acids is 1. The molecule has 4 nitrogen and oxygen atoms in total. The summed E-state index contributed by atoms with van der Waals surface area (Å²) < 4.78 is 5.08. The van der Waals surface area contributed by atoms with Crippen LogP contribution < -0.4 is 10.2 Å². The fraction of sp³-hybridized carbons (Fsp3) is 0.588. The highest BCUT2D eigenvalue weighted by Crippen LogP contribution is 2.22. The lowest BCUT2D eigenvalue weighted by Crippen LogP contribution is -2.31. The standard InChI is InChI=1S/C17H26N2O2/c1-3-16(17(20)21-4-2)18-14-8-10-15(11-9-14)19-12-6-5-7-13-19/h8-11,16,18H,3-7,12-13H2,1-2H3. The normalized spacial score (nSPS) is 16.4. The second kappa shape index (κ2) is 7.91. The minimum Gasteiger partial charge on any atom is -0.464 e. The molecule has 21 heavy (non-hydrogen) atoms. The van der Waals surface area contributed by atoms with Crippen molar-refractivity contribution in [1.29, 1.82) is 0 Å². The molecule has 1 aliphatic heterocycles. The zero-order valence-electron chi connectivity index (χ0n) is 13.1. The van der Waals surface area contributed by atoms with Gasteiger partial charge >= 0.3 is 5.97 Å². The van der Waals surface area contributed by atoms with E-state index < -0.39 is 0 Å². The Labute approximate surface area is 127 Å². The monoisotopic (exact) mass is 290 g/mol. The van der Waals surface area contributed by atoms with Gasteiger partial charge in [-0.2, -0.15) is 0 Å². The molecule has 0 radical (unpaired) electrons. The molecule has 1 aromatic rings. The van der Waals surface area contributed by atoms with Gasteiger partial charge in [0.1, 0.15) is 6.04 Å². The number of hydrogen-bond acceptors (Lipinski definition) is 4. The highest BCUT2D eigenvalue weighted by Gasteiger charge is 2.17. The summed E-state index contributed by atoms with van der Waals surface area (Å²) in [6.07, 6.45) is 4.61. The van der Waals surface area contributed by atoms with Gasteiger partial charge in [0.2, 0.25) is 0 Å². The Morgan fingerprint density at radius 2 is 1.86 bits per heavy atom. The maximum atomic E-state index is 11.8. The molecule has 1 fully saturated rings. The molecule has 0 aliphatic carbocycles. The third kappa shape index (κ3) is 4.38. The van der Waals surface area contributed by atoms with E-state index in [1.807, 2.05) is 26.0 Å². The average molecular weight is 290 g/mol. The maximum Gasteiger partial charge on any atom is 0.328 e. The smallest absolute Gasteiger partial charge is 0.328 e. The first-order valence-corrected chi connectivity index (χ1v) is 8.02. The van der Waals surface area contributed by atoms with Crippen LogP contribution in [0.3, 0.4) is 0 Å². The van der Waals surface area contributed by atoms with Crippen molar-refractivity contribution in [2.45, 2.75) is 45.6 Å². The summed E-state index contributed by atoms with van der Waals surface area (Å²) in [5.74, 6) is -0.180. The van der Waals surface area contributed by atoms with Gasteiger partial charge in [0, 0.05) is 24.5 Å². The molecular formula is C17H26N2O2. The van der Waals surface area contributed by atoms with Crippen LogP contribution in [-0.2, 0) is 9.53 Å². The van der Waals surface area contributed by atoms with E-state index in [1.165, 1.54) is 24.9 Å². The van der Waals surface area contributed by atoms with Gasteiger partial charge in [-0.3, -0.25) is 0 Å². The molecule has 0 spiro atoms. The number of anilines is 2. The van der Waals surface area contributed by atoms with E-state index in [-0.39, 0.29) is 12.0 Å². The fourth-order valence-electron chi connectivity index (χ4n) is 2.69. The molecule has 1 N–H and O–H groups in total. The minimum absolute atomic E-state index is 0.180. The zero-order chi connectivity index (χ0) is 15.1. The van der Waals surface area contributed by atoms with Gasteiger partial charge in [0.15, 0.2) is 0 Å². The number of benzene rings is 1. The Morgan fingerprint density at radius 1 is 1.19 bits per heavy atom. The number of nitrogens with zero attached hydrogens (tertiary/aromatic N) is 1. The van der Waals surface area contributed by atoms with Crippen LogP contribution in [0.2, 0.25) is 0 Å². The van der Waals surface area contributed by atoms with E-state index in [1.54, 1.807) is 0 Å². The summed E-state index contributed by atoms with van der Waals surface area (Å²) >= 11 is 0. The van der Waals surface area contributed by atoms with E-state index in [4.69, 9.17) is 4.74 Å². The molecule has 4 heteroatoms. The van der Waals surface area contributed by atoms with E-state index >= 15 is 0 Å². The minimum atomic E-state index is -0.272. The molecule has 1 unspecified atom stereocenters. The Balaban J connectivity index is 1.96. The quantitative estimate of drug-likeness (QED) is 0.815. The number of rotatable bonds is 6. The first-order chi connectivity index (χ1) is 10.2. The van der Waals surface area contributed by atoms with Crippen LogP contribution >= 0.6 is 0 Å². The molecule has 2 rings (SSSR count). The van der Waals surface area contributed by atoms with Crippen LogP contribution in [0, 0.1) is 0 Å². The molecule has 0 saturated carbocycles. The summed E-state index contributed by atoms with van der Waals surface area (Å²) in [5.41, 5.74) is 2.24. The number of nitrogens with one attached hydrogen (secondary N) is 1. The largest absolute Gasteiger partial charge is 0.464 e. The molecule has 116 valence electrons. The van der Waals surface area contributed by atoms with Crippen molar-refractivity contribution in [3.8, 4) is 0 Å². The number of piperidine rings is 1. The molecule has 1 aromatic carbocycles. The highest BCUT2D eigenvalue weighted by molar-refractivity contribution is 5.79. The predicted molar refractivity (Wildman–Crippen MR) is 86.8 cm³/mol. The maximum absolute atomic E-state index is 11.8. The Kier molecular flexibility index (Phi) is 5.90. The zero-order valence-corrected chi connectivity index (χ0v) is 13.1. The van der Waals surface area contributed by atoms with Crippen molar-refractivity contribution in [1.82, 2.24) is 0 Å². The van der Waals surface area contributed by atoms with Gasteiger partial charge in [0.25, 0.3) is 0 Å². The summed E-state index contributed by atoms with van der Waals surface area (Å²) in [6.45, 7) is 6.53. The van der Waals surface area contributed by atoms with Crippen LogP contribution in [0.15, 0.2) is 24.3 Å². The lowest BCUT2D eigenvalue weighted by atomic mass is 10.1. The number of ether oxygens (including phenoxy) is 1. The molecule has 0 bridgehead atoms. The molecule has 0 amide bonds. The lowest BCUT2D eigenvalue weighted by molar-refractivity contribution is -0.144. The number of hydrogen-bond donors (Lipinski definition) is 1. The molecule has 1 saturated heterocycles. The van der Waals surface area contributed by atoms with Gasteiger partial charge in [-0.15, -0.1) is 0 Å². The molecule has 1 heterocycles. The Morgan fingerprint density at radius 3 is 2.43 bits per heavy atom. The van der Waals surface area contributed by atoms with E-state index in [2.05, 4.69) is 22.3 Å². The van der Waals surface area contributed by atoms with Crippen LogP contribution in [0.1, 0.15) is 39.5 Å².